The van der Waals surface area contributed by atoms with E-state index in [1.54, 1.807) is 18.2 Å². The van der Waals surface area contributed by atoms with Gasteiger partial charge in [0.15, 0.2) is 0 Å². The van der Waals surface area contributed by atoms with Crippen molar-refractivity contribution in [2.24, 2.45) is 11.8 Å². The highest BCUT2D eigenvalue weighted by Crippen LogP contribution is 2.52. The van der Waals surface area contributed by atoms with E-state index in [0.29, 0.717) is 11.4 Å². The summed E-state index contributed by atoms with van der Waals surface area (Å²) in [7, 11) is 0. The lowest BCUT2D eigenvalue weighted by Gasteiger charge is -2.24. The van der Waals surface area contributed by atoms with Gasteiger partial charge in [0.25, 0.3) is 0 Å². The fourth-order valence-electron chi connectivity index (χ4n) is 3.76. The van der Waals surface area contributed by atoms with Crippen molar-refractivity contribution < 1.29 is 23.9 Å². The van der Waals surface area contributed by atoms with Crippen LogP contribution in [-0.2, 0) is 19.1 Å². The smallest absolute Gasteiger partial charge is 0.308 e. The Labute approximate surface area is 132 Å². The van der Waals surface area contributed by atoms with Gasteiger partial charge in [0.1, 0.15) is 5.75 Å². The molecular weight excluding hydrogens is 298 g/mol. The summed E-state index contributed by atoms with van der Waals surface area (Å²) in [4.78, 5) is 37.8. The lowest BCUT2D eigenvalue weighted by Crippen LogP contribution is -2.38. The Morgan fingerprint density at radius 1 is 1.30 bits per heavy atom. The predicted molar refractivity (Wildman–Crippen MR) is 79.6 cm³/mol. The van der Waals surface area contributed by atoms with Crippen LogP contribution in [0.4, 0.5) is 5.69 Å². The molecule has 3 aliphatic heterocycles. The monoisotopic (exact) mass is 313 g/mol. The number of anilines is 1. The van der Waals surface area contributed by atoms with Gasteiger partial charge >= 0.3 is 5.97 Å². The zero-order valence-corrected chi connectivity index (χ0v) is 12.7. The normalized spacial score (nSPS) is 34.2. The first-order valence-electron chi connectivity index (χ1n) is 7.44. The lowest BCUT2D eigenvalue weighted by atomic mass is 9.78. The Hall–Kier alpha value is -2.47. The average Bonchev–Trinajstić information content (AvgIpc) is 3.08. The Bertz CT molecular complexity index is 770. The maximum Gasteiger partial charge on any atom is 0.308 e. The van der Waals surface area contributed by atoms with Crippen LogP contribution in [-0.4, -0.2) is 29.5 Å². The number of carbonyl (C=O) groups excluding carboxylic acids is 3. The molecule has 4 rings (SSSR count). The molecule has 6 heteroatoms. The molecule has 2 amide bonds. The SMILES string of the molecule is CC(=O)Oc1cccc(N2C(=O)[C@@H]3[C@H]4C=C[C@@](C)(O4)[C@H]3C2=O)c1. The van der Waals surface area contributed by atoms with Gasteiger partial charge < -0.3 is 9.47 Å². The molecule has 0 radical (unpaired) electrons. The topological polar surface area (TPSA) is 72.9 Å². The number of fused-ring (bicyclic) bond motifs is 5. The summed E-state index contributed by atoms with van der Waals surface area (Å²) in [6.07, 6.45) is 3.37. The van der Waals surface area contributed by atoms with E-state index in [1.165, 1.54) is 17.9 Å². The molecule has 0 aromatic heterocycles. The standard InChI is InChI=1S/C17H15NO5/c1-9(19)22-11-5-3-4-10(8-11)18-15(20)13-12-6-7-17(2,23-12)14(13)16(18)21/h3-8,12-14H,1-2H3/t12-,13-,14-,17-/m1/s1. The van der Waals surface area contributed by atoms with E-state index >= 15 is 0 Å². The molecule has 3 aliphatic rings. The summed E-state index contributed by atoms with van der Waals surface area (Å²) >= 11 is 0. The fraction of sp³-hybridized carbons (Fsp3) is 0.353. The summed E-state index contributed by atoms with van der Waals surface area (Å²) in [6.45, 7) is 3.13. The second kappa shape index (κ2) is 4.52. The average molecular weight is 313 g/mol. The number of amides is 2. The van der Waals surface area contributed by atoms with Crippen molar-refractivity contribution in [2.75, 3.05) is 4.90 Å². The molecule has 0 unspecified atom stereocenters. The molecule has 2 fully saturated rings. The van der Waals surface area contributed by atoms with E-state index < -0.39 is 23.4 Å². The predicted octanol–water partition coefficient (Wildman–Crippen LogP) is 1.44. The van der Waals surface area contributed by atoms with Crippen molar-refractivity contribution in [3.63, 3.8) is 0 Å². The highest BCUT2D eigenvalue weighted by atomic mass is 16.5. The highest BCUT2D eigenvalue weighted by molar-refractivity contribution is 6.23. The van der Waals surface area contributed by atoms with Gasteiger partial charge in [-0.05, 0) is 19.1 Å². The van der Waals surface area contributed by atoms with Crippen LogP contribution < -0.4 is 9.64 Å². The quantitative estimate of drug-likeness (QED) is 0.357. The first kappa shape index (κ1) is 14.1. The molecule has 2 saturated heterocycles. The molecule has 1 aromatic rings. The zero-order valence-electron chi connectivity index (χ0n) is 12.7. The van der Waals surface area contributed by atoms with Crippen molar-refractivity contribution in [3.05, 3.63) is 36.4 Å². The molecule has 3 heterocycles. The number of nitrogens with zero attached hydrogens (tertiary/aromatic N) is 1. The molecule has 6 nitrogen and oxygen atoms in total. The molecule has 118 valence electrons. The first-order chi connectivity index (χ1) is 10.9. The van der Waals surface area contributed by atoms with Crippen LogP contribution >= 0.6 is 0 Å². The molecule has 0 saturated carbocycles. The minimum absolute atomic E-state index is 0.266. The number of hydrogen-bond donors (Lipinski definition) is 0. The third-order valence-electron chi connectivity index (χ3n) is 4.67. The van der Waals surface area contributed by atoms with Crippen molar-refractivity contribution in [1.29, 1.82) is 0 Å². The van der Waals surface area contributed by atoms with Gasteiger partial charge in [-0.1, -0.05) is 18.2 Å². The number of imide groups is 1. The molecule has 0 N–H and O–H groups in total. The molecular formula is C17H15NO5. The maximum atomic E-state index is 12.8. The van der Waals surface area contributed by atoms with Gasteiger partial charge in [0.05, 0.1) is 29.2 Å². The van der Waals surface area contributed by atoms with Gasteiger partial charge in [0.2, 0.25) is 11.8 Å². The second-order valence-electron chi connectivity index (χ2n) is 6.23. The van der Waals surface area contributed by atoms with E-state index in [-0.39, 0.29) is 17.9 Å². The molecule has 4 atom stereocenters. The van der Waals surface area contributed by atoms with Gasteiger partial charge in [-0.3, -0.25) is 14.4 Å². The number of ether oxygens (including phenoxy) is 2. The van der Waals surface area contributed by atoms with Crippen molar-refractivity contribution in [1.82, 2.24) is 0 Å². The number of benzene rings is 1. The molecule has 1 aromatic carbocycles. The van der Waals surface area contributed by atoms with E-state index in [4.69, 9.17) is 9.47 Å². The van der Waals surface area contributed by atoms with Gasteiger partial charge in [-0.15, -0.1) is 0 Å². The van der Waals surface area contributed by atoms with E-state index in [0.717, 1.165) is 0 Å². The molecule has 0 aliphatic carbocycles. The van der Waals surface area contributed by atoms with Crippen molar-refractivity contribution in [2.45, 2.75) is 25.6 Å². The van der Waals surface area contributed by atoms with Gasteiger partial charge in [-0.2, -0.15) is 0 Å². The van der Waals surface area contributed by atoms with E-state index in [2.05, 4.69) is 0 Å². The second-order valence-corrected chi connectivity index (χ2v) is 6.23. The maximum absolute atomic E-state index is 12.8. The van der Waals surface area contributed by atoms with Crippen molar-refractivity contribution in [3.8, 4) is 5.75 Å². The Morgan fingerprint density at radius 2 is 2.09 bits per heavy atom. The van der Waals surface area contributed by atoms with Crippen LogP contribution in [0, 0.1) is 11.8 Å². The third kappa shape index (κ3) is 1.88. The van der Waals surface area contributed by atoms with Crippen LogP contribution in [0.1, 0.15) is 13.8 Å². The summed E-state index contributed by atoms with van der Waals surface area (Å²) in [5.41, 5.74) is -0.305. The summed E-state index contributed by atoms with van der Waals surface area (Å²) in [5.74, 6) is -1.66. The third-order valence-corrected chi connectivity index (χ3v) is 4.67. The highest BCUT2D eigenvalue weighted by Gasteiger charge is 2.66. The fourth-order valence-corrected chi connectivity index (χ4v) is 3.76. The van der Waals surface area contributed by atoms with E-state index in [1.807, 2.05) is 19.1 Å². The number of carbonyl (C=O) groups is 3. The molecule has 0 spiro atoms. The minimum atomic E-state index is -0.718. The first-order valence-corrected chi connectivity index (χ1v) is 7.44. The number of esters is 1. The zero-order chi connectivity index (χ0) is 16.4. The lowest BCUT2D eigenvalue weighted by molar-refractivity contribution is -0.132. The number of hydrogen-bond acceptors (Lipinski definition) is 5. The summed E-state index contributed by atoms with van der Waals surface area (Å²) in [6, 6.07) is 6.43. The van der Waals surface area contributed by atoms with Gasteiger partial charge in [-0.25, -0.2) is 4.90 Å². The number of rotatable bonds is 2. The molecule has 23 heavy (non-hydrogen) atoms. The Balaban J connectivity index is 1.70. The van der Waals surface area contributed by atoms with E-state index in [9.17, 15) is 14.4 Å². The van der Waals surface area contributed by atoms with Crippen LogP contribution in [0.15, 0.2) is 36.4 Å². The van der Waals surface area contributed by atoms with Crippen molar-refractivity contribution >= 4 is 23.5 Å². The summed E-state index contributed by atoms with van der Waals surface area (Å²) in [5, 5.41) is 0. The molecule has 2 bridgehead atoms. The van der Waals surface area contributed by atoms with Crippen LogP contribution in [0.3, 0.4) is 0 Å². The van der Waals surface area contributed by atoms with Crippen LogP contribution in [0.2, 0.25) is 0 Å². The van der Waals surface area contributed by atoms with Crippen LogP contribution in [0.5, 0.6) is 5.75 Å². The largest absolute Gasteiger partial charge is 0.427 e. The van der Waals surface area contributed by atoms with Gasteiger partial charge in [0, 0.05) is 13.0 Å². The Kier molecular flexibility index (Phi) is 2.78. The minimum Gasteiger partial charge on any atom is -0.427 e. The summed E-state index contributed by atoms with van der Waals surface area (Å²) < 4.78 is 10.8. The van der Waals surface area contributed by atoms with Crippen LogP contribution in [0.25, 0.3) is 0 Å². The Morgan fingerprint density at radius 3 is 2.78 bits per heavy atom.